The van der Waals surface area contributed by atoms with Gasteiger partial charge >= 0.3 is 0 Å². The molecule has 88 valence electrons. The summed E-state index contributed by atoms with van der Waals surface area (Å²) in [7, 11) is 0. The van der Waals surface area contributed by atoms with E-state index in [0.29, 0.717) is 16.8 Å². The van der Waals surface area contributed by atoms with E-state index < -0.39 is 0 Å². The van der Waals surface area contributed by atoms with Crippen LogP contribution in [0.15, 0.2) is 42.9 Å². The normalized spacial score (nSPS) is 13.9. The van der Waals surface area contributed by atoms with Crippen LogP contribution in [0, 0.1) is 0 Å². The van der Waals surface area contributed by atoms with E-state index in [2.05, 4.69) is 9.97 Å². The number of hydrogen-bond acceptors (Lipinski definition) is 4. The van der Waals surface area contributed by atoms with Gasteiger partial charge in [0, 0.05) is 18.6 Å². The van der Waals surface area contributed by atoms with Gasteiger partial charge in [-0.1, -0.05) is 6.07 Å². The van der Waals surface area contributed by atoms with E-state index >= 15 is 0 Å². The Morgan fingerprint density at radius 3 is 2.56 bits per heavy atom. The van der Waals surface area contributed by atoms with Crippen LogP contribution in [0.1, 0.15) is 26.4 Å². The Bertz CT molecular complexity index is 590. The molecule has 5 heteroatoms. The van der Waals surface area contributed by atoms with E-state index in [-0.39, 0.29) is 18.4 Å². The molecule has 0 N–H and O–H groups in total. The molecule has 0 spiro atoms. The van der Waals surface area contributed by atoms with Crippen molar-refractivity contribution in [3.63, 3.8) is 0 Å². The largest absolute Gasteiger partial charge is 0.269 e. The molecule has 5 nitrogen and oxygen atoms in total. The van der Waals surface area contributed by atoms with Gasteiger partial charge in [-0.3, -0.25) is 24.5 Å². The predicted molar refractivity (Wildman–Crippen MR) is 62.7 cm³/mol. The van der Waals surface area contributed by atoms with E-state index in [0.717, 1.165) is 0 Å². The summed E-state index contributed by atoms with van der Waals surface area (Å²) < 4.78 is 0. The number of aromatic nitrogens is 2. The number of rotatable bonds is 2. The van der Waals surface area contributed by atoms with Crippen LogP contribution in [0.3, 0.4) is 0 Å². The van der Waals surface area contributed by atoms with Crippen molar-refractivity contribution >= 4 is 11.8 Å². The van der Waals surface area contributed by atoms with Crippen molar-refractivity contribution in [3.05, 3.63) is 59.7 Å². The molecule has 0 saturated heterocycles. The maximum Gasteiger partial charge on any atom is 0.263 e. The van der Waals surface area contributed by atoms with Gasteiger partial charge in [0.2, 0.25) is 0 Å². The summed E-state index contributed by atoms with van der Waals surface area (Å²) in [5.74, 6) is -0.600. The summed E-state index contributed by atoms with van der Waals surface area (Å²) >= 11 is 0. The predicted octanol–water partition coefficient (Wildman–Crippen LogP) is 1.27. The molecule has 18 heavy (non-hydrogen) atoms. The van der Waals surface area contributed by atoms with E-state index in [1.165, 1.54) is 17.3 Å². The van der Waals surface area contributed by atoms with Crippen molar-refractivity contribution in [2.45, 2.75) is 6.54 Å². The van der Waals surface area contributed by atoms with Gasteiger partial charge in [-0.25, -0.2) is 0 Å². The highest BCUT2D eigenvalue weighted by Crippen LogP contribution is 2.22. The number of carbonyl (C=O) groups is 2. The summed E-state index contributed by atoms with van der Waals surface area (Å²) in [5.41, 5.74) is 1.45. The average Bonchev–Trinajstić information content (AvgIpc) is 2.66. The summed E-state index contributed by atoms with van der Waals surface area (Å²) in [5, 5.41) is 0. The monoisotopic (exact) mass is 239 g/mol. The molecule has 0 saturated carbocycles. The van der Waals surface area contributed by atoms with Crippen molar-refractivity contribution in [3.8, 4) is 0 Å². The fourth-order valence-electron chi connectivity index (χ4n) is 1.93. The molecule has 3 rings (SSSR count). The van der Waals surface area contributed by atoms with Crippen LogP contribution in [0.4, 0.5) is 0 Å². The molecular weight excluding hydrogens is 230 g/mol. The maximum absolute atomic E-state index is 12.1. The van der Waals surface area contributed by atoms with Crippen LogP contribution in [0.2, 0.25) is 0 Å². The standard InChI is InChI=1S/C13H9N3O2/c17-12-10-4-6-14-7-11(10)13(18)16(12)8-9-3-1-2-5-15-9/h1-7H,8H2. The molecule has 0 aromatic carbocycles. The second-order valence-electron chi connectivity index (χ2n) is 3.94. The van der Waals surface area contributed by atoms with Gasteiger partial charge in [0.15, 0.2) is 0 Å². The van der Waals surface area contributed by atoms with Crippen LogP contribution in [-0.4, -0.2) is 26.7 Å². The van der Waals surface area contributed by atoms with E-state index in [1.54, 1.807) is 24.4 Å². The fraction of sp³-hybridized carbons (Fsp3) is 0.0769. The molecule has 3 heterocycles. The zero-order chi connectivity index (χ0) is 12.5. The molecular formula is C13H9N3O2. The molecule has 1 aliphatic rings. The minimum absolute atomic E-state index is 0.188. The maximum atomic E-state index is 12.1. The van der Waals surface area contributed by atoms with E-state index in [9.17, 15) is 9.59 Å². The van der Waals surface area contributed by atoms with Crippen molar-refractivity contribution < 1.29 is 9.59 Å². The molecule has 2 amide bonds. The second kappa shape index (κ2) is 4.03. The molecule has 0 fully saturated rings. The minimum Gasteiger partial charge on any atom is -0.269 e. The van der Waals surface area contributed by atoms with E-state index in [4.69, 9.17) is 0 Å². The van der Waals surface area contributed by atoms with Crippen LogP contribution in [0.25, 0.3) is 0 Å². The first-order chi connectivity index (χ1) is 8.77. The van der Waals surface area contributed by atoms with Crippen LogP contribution >= 0.6 is 0 Å². The first-order valence-electron chi connectivity index (χ1n) is 5.47. The van der Waals surface area contributed by atoms with Gasteiger partial charge in [0.05, 0.1) is 23.4 Å². The molecule has 0 aliphatic carbocycles. The molecule has 1 aliphatic heterocycles. The van der Waals surface area contributed by atoms with E-state index in [1.807, 2.05) is 6.07 Å². The number of carbonyl (C=O) groups excluding carboxylic acids is 2. The Hall–Kier alpha value is -2.56. The van der Waals surface area contributed by atoms with Gasteiger partial charge in [-0.05, 0) is 18.2 Å². The number of pyridine rings is 2. The highest BCUT2D eigenvalue weighted by Gasteiger charge is 2.35. The smallest absolute Gasteiger partial charge is 0.263 e. The van der Waals surface area contributed by atoms with Crippen molar-refractivity contribution in [1.29, 1.82) is 0 Å². The average molecular weight is 239 g/mol. The molecule has 0 radical (unpaired) electrons. The Morgan fingerprint density at radius 1 is 1.00 bits per heavy atom. The summed E-state index contributed by atoms with van der Waals surface area (Å²) in [6.45, 7) is 0.188. The Morgan fingerprint density at radius 2 is 1.83 bits per heavy atom. The molecule has 0 unspecified atom stereocenters. The van der Waals surface area contributed by atoms with Gasteiger partial charge < -0.3 is 0 Å². The summed E-state index contributed by atoms with van der Waals surface area (Å²) in [4.78, 5) is 33.3. The SMILES string of the molecule is O=C1c2ccncc2C(=O)N1Cc1ccccn1. The van der Waals surface area contributed by atoms with Gasteiger partial charge in [-0.15, -0.1) is 0 Å². The van der Waals surface area contributed by atoms with Crippen LogP contribution in [0.5, 0.6) is 0 Å². The Kier molecular flexibility index (Phi) is 2.37. The van der Waals surface area contributed by atoms with Gasteiger partial charge in [-0.2, -0.15) is 0 Å². The lowest BCUT2D eigenvalue weighted by atomic mass is 10.2. The highest BCUT2D eigenvalue weighted by molar-refractivity contribution is 6.21. The molecule has 2 aromatic rings. The van der Waals surface area contributed by atoms with Crippen LogP contribution in [-0.2, 0) is 6.54 Å². The molecule has 0 atom stereocenters. The van der Waals surface area contributed by atoms with Crippen molar-refractivity contribution in [2.24, 2.45) is 0 Å². The zero-order valence-electron chi connectivity index (χ0n) is 9.41. The third-order valence-electron chi connectivity index (χ3n) is 2.82. The van der Waals surface area contributed by atoms with Gasteiger partial charge in [0.1, 0.15) is 0 Å². The Labute approximate surface area is 103 Å². The third kappa shape index (κ3) is 1.57. The minimum atomic E-state index is -0.311. The number of fused-ring (bicyclic) bond motifs is 1. The number of hydrogen-bond donors (Lipinski definition) is 0. The lowest BCUT2D eigenvalue weighted by Gasteiger charge is -2.12. The first-order valence-corrected chi connectivity index (χ1v) is 5.47. The zero-order valence-corrected chi connectivity index (χ0v) is 9.41. The molecule has 2 aromatic heterocycles. The number of amides is 2. The fourth-order valence-corrected chi connectivity index (χ4v) is 1.93. The van der Waals surface area contributed by atoms with Gasteiger partial charge in [0.25, 0.3) is 11.8 Å². The van der Waals surface area contributed by atoms with Crippen LogP contribution < -0.4 is 0 Å². The first kappa shape index (κ1) is 10.6. The third-order valence-corrected chi connectivity index (χ3v) is 2.82. The topological polar surface area (TPSA) is 63.2 Å². The second-order valence-corrected chi connectivity index (χ2v) is 3.94. The lowest BCUT2D eigenvalue weighted by molar-refractivity contribution is 0.0640. The summed E-state index contributed by atoms with van der Waals surface area (Å²) in [6.07, 6.45) is 4.57. The highest BCUT2D eigenvalue weighted by atomic mass is 16.2. The number of nitrogens with zero attached hydrogens (tertiary/aromatic N) is 3. The van der Waals surface area contributed by atoms with Crippen molar-refractivity contribution in [1.82, 2.24) is 14.9 Å². The Balaban J connectivity index is 1.93. The summed E-state index contributed by atoms with van der Waals surface area (Å²) in [6, 6.07) is 6.95. The number of imide groups is 1. The quantitative estimate of drug-likeness (QED) is 0.740. The van der Waals surface area contributed by atoms with Crippen molar-refractivity contribution in [2.75, 3.05) is 0 Å². The lowest BCUT2D eigenvalue weighted by Crippen LogP contribution is -2.29. The molecule has 0 bridgehead atoms.